The molecule has 0 saturated heterocycles. The zero-order valence-corrected chi connectivity index (χ0v) is 11.6. The van der Waals surface area contributed by atoms with Gasteiger partial charge in [-0.05, 0) is 24.1 Å². The molecule has 1 unspecified atom stereocenters. The second-order valence-corrected chi connectivity index (χ2v) is 5.35. The summed E-state index contributed by atoms with van der Waals surface area (Å²) < 4.78 is 0. The minimum atomic E-state index is 0.158. The highest BCUT2D eigenvalue weighted by Gasteiger charge is 2.13. The molecule has 5 heteroatoms. The number of halogens is 2. The van der Waals surface area contributed by atoms with E-state index in [2.05, 4.69) is 17.2 Å². The summed E-state index contributed by atoms with van der Waals surface area (Å²) in [4.78, 5) is 4.21. The second kappa shape index (κ2) is 5.71. The minimum Gasteiger partial charge on any atom is -0.355 e. The zero-order valence-electron chi connectivity index (χ0n) is 9.28. The number of nitrogens with one attached hydrogen (secondary N) is 1. The Balaban J connectivity index is 2.23. The molecule has 1 N–H and O–H groups in total. The fourth-order valence-corrected chi connectivity index (χ4v) is 2.75. The summed E-state index contributed by atoms with van der Waals surface area (Å²) >= 11 is 13.7. The molecule has 0 amide bonds. The molecule has 0 spiro atoms. The number of anilines is 1. The average molecular weight is 287 g/mol. The number of aromatic nitrogens is 1. The van der Waals surface area contributed by atoms with Gasteiger partial charge in [0.2, 0.25) is 0 Å². The van der Waals surface area contributed by atoms with Crippen molar-refractivity contribution in [1.29, 1.82) is 0 Å². The number of thiazole rings is 1. The van der Waals surface area contributed by atoms with Crippen LogP contribution in [0.3, 0.4) is 0 Å². The lowest BCUT2D eigenvalue weighted by molar-refractivity contribution is 0.748. The fraction of sp³-hybridized carbons (Fsp3) is 0.250. The molecule has 0 bridgehead atoms. The number of nitrogens with zero attached hydrogens (tertiary/aromatic N) is 1. The standard InChI is InChI=1S/C12H12Cl2N2S/c1-2-11(16-12-15-5-6-17-12)9-4-3-8(13)7-10(9)14/h3-7,11H,2H2,1H3,(H,15,16). The van der Waals surface area contributed by atoms with Crippen molar-refractivity contribution in [3.63, 3.8) is 0 Å². The molecule has 1 atom stereocenters. The summed E-state index contributed by atoms with van der Waals surface area (Å²) in [5, 5.41) is 7.56. The number of hydrogen-bond donors (Lipinski definition) is 1. The first-order chi connectivity index (χ1) is 8.20. The third-order valence-electron chi connectivity index (χ3n) is 2.48. The molecule has 0 fully saturated rings. The molecule has 90 valence electrons. The highest BCUT2D eigenvalue weighted by Crippen LogP contribution is 2.30. The molecular weight excluding hydrogens is 275 g/mol. The highest BCUT2D eigenvalue weighted by molar-refractivity contribution is 7.13. The summed E-state index contributed by atoms with van der Waals surface area (Å²) in [6.07, 6.45) is 2.71. The Morgan fingerprint density at radius 2 is 2.24 bits per heavy atom. The van der Waals surface area contributed by atoms with Crippen LogP contribution in [0.15, 0.2) is 29.8 Å². The maximum atomic E-state index is 6.20. The average Bonchev–Trinajstić information content (AvgIpc) is 2.79. The Hall–Kier alpha value is -0.770. The SMILES string of the molecule is CCC(Nc1nccs1)c1ccc(Cl)cc1Cl. The van der Waals surface area contributed by atoms with Crippen LogP contribution in [0.5, 0.6) is 0 Å². The largest absolute Gasteiger partial charge is 0.355 e. The summed E-state index contributed by atoms with van der Waals surface area (Å²) in [5.41, 5.74) is 1.05. The monoisotopic (exact) mass is 286 g/mol. The normalized spacial score (nSPS) is 12.4. The summed E-state index contributed by atoms with van der Waals surface area (Å²) in [5.74, 6) is 0. The van der Waals surface area contributed by atoms with Crippen LogP contribution in [-0.4, -0.2) is 4.98 Å². The first kappa shape index (κ1) is 12.7. The molecular formula is C12H12Cl2N2S. The van der Waals surface area contributed by atoms with Gasteiger partial charge in [-0.2, -0.15) is 0 Å². The van der Waals surface area contributed by atoms with Crippen molar-refractivity contribution >= 4 is 39.7 Å². The van der Waals surface area contributed by atoms with Crippen LogP contribution in [0.1, 0.15) is 24.9 Å². The van der Waals surface area contributed by atoms with E-state index in [-0.39, 0.29) is 6.04 Å². The lowest BCUT2D eigenvalue weighted by Crippen LogP contribution is -2.09. The Morgan fingerprint density at radius 3 is 2.82 bits per heavy atom. The van der Waals surface area contributed by atoms with Gasteiger partial charge in [0.05, 0.1) is 6.04 Å². The van der Waals surface area contributed by atoms with Gasteiger partial charge in [-0.3, -0.25) is 0 Å². The summed E-state index contributed by atoms with van der Waals surface area (Å²) in [7, 11) is 0. The van der Waals surface area contributed by atoms with Crippen molar-refractivity contribution in [2.75, 3.05) is 5.32 Å². The van der Waals surface area contributed by atoms with E-state index in [0.717, 1.165) is 17.1 Å². The fourth-order valence-electron chi connectivity index (χ4n) is 1.63. The number of rotatable bonds is 4. The van der Waals surface area contributed by atoms with Crippen molar-refractivity contribution in [3.05, 3.63) is 45.4 Å². The molecule has 0 aliphatic rings. The minimum absolute atomic E-state index is 0.158. The molecule has 1 heterocycles. The van der Waals surface area contributed by atoms with Gasteiger partial charge in [0.1, 0.15) is 0 Å². The maximum absolute atomic E-state index is 6.20. The van der Waals surface area contributed by atoms with Crippen LogP contribution in [0.2, 0.25) is 10.0 Å². The Labute approximate surface area is 115 Å². The summed E-state index contributed by atoms with van der Waals surface area (Å²) in [6, 6.07) is 5.74. The number of benzene rings is 1. The molecule has 0 aliphatic heterocycles. The van der Waals surface area contributed by atoms with E-state index in [4.69, 9.17) is 23.2 Å². The molecule has 2 aromatic rings. The lowest BCUT2D eigenvalue weighted by atomic mass is 10.0. The Kier molecular flexibility index (Phi) is 4.26. The van der Waals surface area contributed by atoms with Crippen molar-refractivity contribution in [1.82, 2.24) is 4.98 Å². The Morgan fingerprint density at radius 1 is 1.41 bits per heavy atom. The molecule has 17 heavy (non-hydrogen) atoms. The van der Waals surface area contributed by atoms with E-state index in [0.29, 0.717) is 10.0 Å². The third-order valence-corrected chi connectivity index (χ3v) is 3.74. The molecule has 2 nitrogen and oxygen atoms in total. The van der Waals surface area contributed by atoms with Gasteiger partial charge in [0.15, 0.2) is 5.13 Å². The quantitative estimate of drug-likeness (QED) is 0.854. The van der Waals surface area contributed by atoms with Gasteiger partial charge in [0, 0.05) is 21.6 Å². The van der Waals surface area contributed by atoms with E-state index in [1.165, 1.54) is 0 Å². The van der Waals surface area contributed by atoms with Crippen molar-refractivity contribution in [3.8, 4) is 0 Å². The van der Waals surface area contributed by atoms with Gasteiger partial charge in [-0.25, -0.2) is 4.98 Å². The van der Waals surface area contributed by atoms with Crippen LogP contribution in [0.25, 0.3) is 0 Å². The van der Waals surface area contributed by atoms with Crippen molar-refractivity contribution in [2.24, 2.45) is 0 Å². The van der Waals surface area contributed by atoms with Crippen LogP contribution < -0.4 is 5.32 Å². The van der Waals surface area contributed by atoms with E-state index in [1.807, 2.05) is 17.5 Å². The molecule has 2 rings (SSSR count). The van der Waals surface area contributed by atoms with Crippen LogP contribution >= 0.6 is 34.5 Å². The molecule has 0 radical (unpaired) electrons. The first-order valence-corrected chi connectivity index (χ1v) is 6.95. The van der Waals surface area contributed by atoms with Gasteiger partial charge in [-0.1, -0.05) is 36.2 Å². The second-order valence-electron chi connectivity index (χ2n) is 3.61. The third kappa shape index (κ3) is 3.12. The predicted octanol–water partition coefficient (Wildman–Crippen LogP) is 5.01. The van der Waals surface area contributed by atoms with Crippen molar-refractivity contribution < 1.29 is 0 Å². The molecule has 0 aliphatic carbocycles. The maximum Gasteiger partial charge on any atom is 0.183 e. The van der Waals surface area contributed by atoms with Crippen LogP contribution in [-0.2, 0) is 0 Å². The first-order valence-electron chi connectivity index (χ1n) is 5.31. The van der Waals surface area contributed by atoms with Crippen LogP contribution in [0, 0.1) is 0 Å². The summed E-state index contributed by atoms with van der Waals surface area (Å²) in [6.45, 7) is 2.11. The smallest absolute Gasteiger partial charge is 0.183 e. The van der Waals surface area contributed by atoms with Crippen molar-refractivity contribution in [2.45, 2.75) is 19.4 Å². The van der Waals surface area contributed by atoms with Crippen LogP contribution in [0.4, 0.5) is 5.13 Å². The molecule has 1 aromatic carbocycles. The molecule has 0 saturated carbocycles. The van der Waals surface area contributed by atoms with Gasteiger partial charge < -0.3 is 5.32 Å². The number of hydrogen-bond acceptors (Lipinski definition) is 3. The lowest BCUT2D eigenvalue weighted by Gasteiger charge is -2.18. The zero-order chi connectivity index (χ0) is 12.3. The van der Waals surface area contributed by atoms with E-state index < -0.39 is 0 Å². The topological polar surface area (TPSA) is 24.9 Å². The van der Waals surface area contributed by atoms with E-state index >= 15 is 0 Å². The Bertz CT molecular complexity index is 485. The molecule has 1 aromatic heterocycles. The van der Waals surface area contributed by atoms with Gasteiger partial charge >= 0.3 is 0 Å². The predicted molar refractivity (Wildman–Crippen MR) is 75.2 cm³/mol. The van der Waals surface area contributed by atoms with E-state index in [1.54, 1.807) is 23.6 Å². The highest BCUT2D eigenvalue weighted by atomic mass is 35.5. The van der Waals surface area contributed by atoms with E-state index in [9.17, 15) is 0 Å². The van der Waals surface area contributed by atoms with Gasteiger partial charge in [0.25, 0.3) is 0 Å². The van der Waals surface area contributed by atoms with Gasteiger partial charge in [-0.15, -0.1) is 11.3 Å².